The van der Waals surface area contributed by atoms with Gasteiger partial charge in [-0.3, -0.25) is 4.79 Å². The van der Waals surface area contributed by atoms with Gasteiger partial charge in [0.2, 0.25) is 0 Å². The molecule has 2 heterocycles. The summed E-state index contributed by atoms with van der Waals surface area (Å²) in [6, 6.07) is 0. The van der Waals surface area contributed by atoms with Crippen molar-refractivity contribution in [2.45, 2.75) is 67.7 Å². The summed E-state index contributed by atoms with van der Waals surface area (Å²) in [7, 11) is 0. The molecule has 7 nitrogen and oxygen atoms in total. The highest BCUT2D eigenvalue weighted by Crippen LogP contribution is 2.69. The van der Waals surface area contributed by atoms with Crippen molar-refractivity contribution in [3.63, 3.8) is 0 Å². The monoisotopic (exact) mass is 372 g/mol. The summed E-state index contributed by atoms with van der Waals surface area (Å²) in [5.74, 6) is -2.58. The van der Waals surface area contributed by atoms with Crippen LogP contribution in [0.2, 0.25) is 0 Å². The number of halogens is 1. The number of hydrogen-bond donors (Lipinski definition) is 2. The highest BCUT2D eigenvalue weighted by molar-refractivity contribution is 6.22. The zero-order valence-corrected chi connectivity index (χ0v) is 14.9. The fraction of sp³-hybridized carbons (Fsp3) is 0.765. The minimum absolute atomic E-state index is 0.0239. The Morgan fingerprint density at radius 1 is 1.40 bits per heavy atom. The minimum Gasteiger partial charge on any atom is -0.462 e. The lowest BCUT2D eigenvalue weighted by Crippen LogP contribution is -2.56. The van der Waals surface area contributed by atoms with Crippen molar-refractivity contribution in [1.29, 1.82) is 0 Å². The predicted octanol–water partition coefficient (Wildman–Crippen LogP) is 0.296. The molecule has 0 aromatic heterocycles. The standard InChI is InChI=1S/C17H21ClO7/c1-6-9-8(23-7(2)19)5-15(3,21)17-11(10(9)24-14(6)20)16(4,22)12(18)13(17)25-17/h8-13,21-22H,1,5H2,2-4H3/t8-,9+,10-,11-,12+,13?,15+,16+,17-/m0/s1. The van der Waals surface area contributed by atoms with Crippen LogP contribution < -0.4 is 0 Å². The van der Waals surface area contributed by atoms with E-state index in [1.807, 2.05) is 0 Å². The molecule has 4 rings (SSSR count). The quantitative estimate of drug-likeness (QED) is 0.295. The Morgan fingerprint density at radius 3 is 2.64 bits per heavy atom. The molecule has 0 aromatic carbocycles. The van der Waals surface area contributed by atoms with Crippen LogP contribution in [0.5, 0.6) is 0 Å². The number of fused-ring (bicyclic) bond motifs is 2. The first-order valence-corrected chi connectivity index (χ1v) is 8.72. The lowest BCUT2D eigenvalue weighted by atomic mass is 9.73. The molecular formula is C17H21ClO7. The van der Waals surface area contributed by atoms with E-state index in [4.69, 9.17) is 25.8 Å². The van der Waals surface area contributed by atoms with E-state index >= 15 is 0 Å². The van der Waals surface area contributed by atoms with Gasteiger partial charge in [-0.2, -0.15) is 0 Å². The van der Waals surface area contributed by atoms with E-state index in [0.717, 1.165) is 0 Å². The van der Waals surface area contributed by atoms with Crippen LogP contribution in [-0.2, 0) is 23.8 Å². The van der Waals surface area contributed by atoms with Crippen molar-refractivity contribution in [3.8, 4) is 0 Å². The summed E-state index contributed by atoms with van der Waals surface area (Å²) in [6.07, 6.45) is -2.21. The molecule has 0 amide bonds. The number of aliphatic hydroxyl groups is 2. The predicted molar refractivity (Wildman–Crippen MR) is 84.7 cm³/mol. The van der Waals surface area contributed by atoms with Crippen molar-refractivity contribution in [2.24, 2.45) is 11.8 Å². The number of hydrogen-bond acceptors (Lipinski definition) is 7. The molecule has 1 unspecified atom stereocenters. The van der Waals surface area contributed by atoms with E-state index in [-0.39, 0.29) is 12.0 Å². The summed E-state index contributed by atoms with van der Waals surface area (Å²) in [5.41, 5.74) is -3.87. The van der Waals surface area contributed by atoms with E-state index in [1.54, 1.807) is 13.8 Å². The van der Waals surface area contributed by atoms with Crippen molar-refractivity contribution < 1.29 is 34.0 Å². The Kier molecular flexibility index (Phi) is 3.29. The Morgan fingerprint density at radius 2 is 2.04 bits per heavy atom. The van der Waals surface area contributed by atoms with Crippen LogP contribution in [0.25, 0.3) is 0 Å². The van der Waals surface area contributed by atoms with Gasteiger partial charge >= 0.3 is 11.9 Å². The third-order valence-corrected chi connectivity index (χ3v) is 7.02. The fourth-order valence-electron chi connectivity index (χ4n) is 5.29. The molecule has 2 saturated heterocycles. The number of carbonyl (C=O) groups excluding carboxylic acids is 2. The summed E-state index contributed by atoms with van der Waals surface area (Å²) in [6.45, 7) is 8.17. The Bertz CT molecular complexity index is 686. The summed E-state index contributed by atoms with van der Waals surface area (Å²) in [4.78, 5) is 23.7. The molecule has 2 aliphatic carbocycles. The molecule has 4 aliphatic rings. The lowest BCUT2D eigenvalue weighted by molar-refractivity contribution is -0.159. The minimum atomic E-state index is -1.44. The van der Waals surface area contributed by atoms with Gasteiger partial charge in [0.1, 0.15) is 23.9 Å². The number of rotatable bonds is 1. The van der Waals surface area contributed by atoms with Gasteiger partial charge < -0.3 is 24.4 Å². The number of alkyl halides is 1. The number of ether oxygens (including phenoxy) is 3. The van der Waals surface area contributed by atoms with Crippen molar-refractivity contribution in [3.05, 3.63) is 12.2 Å². The Balaban J connectivity index is 1.87. The molecule has 9 atom stereocenters. The third-order valence-electron chi connectivity index (χ3n) is 6.35. The topological polar surface area (TPSA) is 106 Å². The van der Waals surface area contributed by atoms with Crippen molar-refractivity contribution in [2.75, 3.05) is 0 Å². The molecule has 25 heavy (non-hydrogen) atoms. The SMILES string of the molecule is C=C1C(=O)O[C@H]2[C@H]1[C@@H](OC(C)=O)C[C@@](C)(O)[C@@]13OC1[C@@H](Cl)[C@](C)(O)[C@H]23. The second kappa shape index (κ2) is 4.76. The number of carbonyl (C=O) groups is 2. The molecular weight excluding hydrogens is 352 g/mol. The molecule has 2 saturated carbocycles. The molecule has 8 heteroatoms. The van der Waals surface area contributed by atoms with Crippen LogP contribution in [0.15, 0.2) is 12.2 Å². The molecule has 138 valence electrons. The van der Waals surface area contributed by atoms with Gasteiger partial charge in [-0.1, -0.05) is 6.58 Å². The molecule has 2 N–H and O–H groups in total. The van der Waals surface area contributed by atoms with E-state index in [0.29, 0.717) is 0 Å². The highest BCUT2D eigenvalue weighted by Gasteiger charge is 2.86. The van der Waals surface area contributed by atoms with E-state index in [2.05, 4.69) is 6.58 Å². The highest BCUT2D eigenvalue weighted by atomic mass is 35.5. The normalized spacial score (nSPS) is 56.4. The maximum Gasteiger partial charge on any atom is 0.334 e. The smallest absolute Gasteiger partial charge is 0.334 e. The fourth-order valence-corrected chi connectivity index (χ4v) is 5.66. The summed E-state index contributed by atoms with van der Waals surface area (Å²) < 4.78 is 16.7. The van der Waals surface area contributed by atoms with E-state index < -0.39 is 64.3 Å². The first-order valence-electron chi connectivity index (χ1n) is 8.29. The van der Waals surface area contributed by atoms with Gasteiger partial charge in [0.15, 0.2) is 0 Å². The van der Waals surface area contributed by atoms with Gasteiger partial charge in [-0.15, -0.1) is 11.6 Å². The lowest BCUT2D eigenvalue weighted by Gasteiger charge is -2.40. The third kappa shape index (κ3) is 1.92. The maximum absolute atomic E-state index is 12.2. The van der Waals surface area contributed by atoms with Crippen LogP contribution in [-0.4, -0.2) is 62.6 Å². The maximum atomic E-state index is 12.2. The molecule has 4 fully saturated rings. The van der Waals surface area contributed by atoms with Crippen molar-refractivity contribution >= 4 is 23.5 Å². The van der Waals surface area contributed by atoms with Crippen LogP contribution in [0, 0.1) is 11.8 Å². The number of esters is 2. The summed E-state index contributed by atoms with van der Waals surface area (Å²) in [5, 5.41) is 21.5. The molecule has 1 spiro atoms. The zero-order chi connectivity index (χ0) is 18.5. The second-order valence-corrected chi connectivity index (χ2v) is 8.45. The van der Waals surface area contributed by atoms with Gasteiger partial charge in [-0.25, -0.2) is 4.79 Å². The molecule has 0 radical (unpaired) electrons. The zero-order valence-electron chi connectivity index (χ0n) is 14.2. The Labute approximate surface area is 149 Å². The second-order valence-electron chi connectivity index (χ2n) is 7.98. The largest absolute Gasteiger partial charge is 0.462 e. The van der Waals surface area contributed by atoms with Gasteiger partial charge in [-0.05, 0) is 13.8 Å². The summed E-state index contributed by atoms with van der Waals surface area (Å²) >= 11 is 6.40. The first-order chi connectivity index (χ1) is 11.4. The van der Waals surface area contributed by atoms with Crippen LogP contribution in [0.3, 0.4) is 0 Å². The molecule has 0 bridgehead atoms. The average molecular weight is 373 g/mol. The average Bonchev–Trinajstić information content (AvgIpc) is 3.10. The molecule has 0 aromatic rings. The van der Waals surface area contributed by atoms with Crippen LogP contribution >= 0.6 is 11.6 Å². The van der Waals surface area contributed by atoms with Gasteiger partial charge in [0.25, 0.3) is 0 Å². The molecule has 2 aliphatic heterocycles. The van der Waals surface area contributed by atoms with Gasteiger partial charge in [0, 0.05) is 18.9 Å². The van der Waals surface area contributed by atoms with Crippen molar-refractivity contribution in [1.82, 2.24) is 0 Å². The van der Waals surface area contributed by atoms with Gasteiger partial charge in [0.05, 0.1) is 28.4 Å². The van der Waals surface area contributed by atoms with E-state index in [1.165, 1.54) is 6.92 Å². The first kappa shape index (κ1) is 17.3. The van der Waals surface area contributed by atoms with Crippen LogP contribution in [0.4, 0.5) is 0 Å². The number of epoxide rings is 1. The van der Waals surface area contributed by atoms with E-state index in [9.17, 15) is 19.8 Å². The van der Waals surface area contributed by atoms with Crippen LogP contribution in [0.1, 0.15) is 27.2 Å². The Hall–Kier alpha value is -1.15.